The first kappa shape index (κ1) is 20.6. The van der Waals surface area contributed by atoms with Gasteiger partial charge >= 0.3 is 0 Å². The number of ether oxygens (including phenoxy) is 1. The van der Waals surface area contributed by atoms with Crippen LogP contribution < -0.4 is 10.3 Å². The fourth-order valence-corrected chi connectivity index (χ4v) is 4.71. The van der Waals surface area contributed by atoms with Crippen LogP contribution in [-0.4, -0.2) is 25.3 Å². The summed E-state index contributed by atoms with van der Waals surface area (Å²) in [5.74, 6) is 0.0736. The monoisotopic (exact) mass is 429 g/mol. The van der Waals surface area contributed by atoms with Crippen molar-refractivity contribution in [2.24, 2.45) is 7.05 Å². The first-order valence-electron chi connectivity index (χ1n) is 10.0. The van der Waals surface area contributed by atoms with Crippen LogP contribution in [0.1, 0.15) is 32.1 Å². The molecular weight excluding hydrogens is 405 g/mol. The van der Waals surface area contributed by atoms with E-state index in [9.17, 15) is 17.6 Å². The minimum Gasteiger partial charge on any atom is -0.490 e. The smallest absolute Gasteiger partial charge is 0.258 e. The quantitative estimate of drug-likeness (QED) is 0.614. The van der Waals surface area contributed by atoms with Gasteiger partial charge in [0.25, 0.3) is 5.56 Å². The summed E-state index contributed by atoms with van der Waals surface area (Å²) in [6, 6.07) is 8.76. The number of fused-ring (bicyclic) bond motifs is 1. The lowest BCUT2D eigenvalue weighted by Crippen LogP contribution is -2.20. The summed E-state index contributed by atoms with van der Waals surface area (Å²) in [6.45, 7) is 0. The number of sulfone groups is 1. The average molecular weight is 430 g/mol. The zero-order chi connectivity index (χ0) is 21.5. The van der Waals surface area contributed by atoms with Gasteiger partial charge in [0.1, 0.15) is 11.6 Å². The molecule has 0 spiro atoms. The average Bonchev–Trinajstić information content (AvgIpc) is 2.71. The SMILES string of the molecule is Cn1cc(-c2cc(S(C)(=O)=O)ccc2OC2CCCCC2)c2cc(F)ccc2c1=O. The molecule has 0 saturated heterocycles. The van der Waals surface area contributed by atoms with Gasteiger partial charge in [-0.1, -0.05) is 6.42 Å². The highest BCUT2D eigenvalue weighted by atomic mass is 32.2. The van der Waals surface area contributed by atoms with Gasteiger partial charge in [0.2, 0.25) is 0 Å². The first-order chi connectivity index (χ1) is 14.2. The van der Waals surface area contributed by atoms with E-state index in [1.165, 1.54) is 35.3 Å². The van der Waals surface area contributed by atoms with E-state index in [0.717, 1.165) is 31.9 Å². The number of pyridine rings is 1. The summed E-state index contributed by atoms with van der Waals surface area (Å²) >= 11 is 0. The van der Waals surface area contributed by atoms with E-state index < -0.39 is 15.7 Å². The van der Waals surface area contributed by atoms with Crippen LogP contribution in [-0.2, 0) is 16.9 Å². The van der Waals surface area contributed by atoms with Crippen molar-refractivity contribution >= 4 is 20.6 Å². The van der Waals surface area contributed by atoms with E-state index in [0.29, 0.717) is 27.6 Å². The zero-order valence-electron chi connectivity index (χ0n) is 17.0. The largest absolute Gasteiger partial charge is 0.490 e. The molecule has 5 nitrogen and oxygen atoms in total. The van der Waals surface area contributed by atoms with E-state index in [4.69, 9.17) is 4.74 Å². The van der Waals surface area contributed by atoms with Gasteiger partial charge in [-0.3, -0.25) is 4.79 Å². The molecule has 2 aromatic carbocycles. The van der Waals surface area contributed by atoms with Crippen LogP contribution in [0.25, 0.3) is 21.9 Å². The Labute approximate surface area is 175 Å². The lowest BCUT2D eigenvalue weighted by atomic mass is 9.97. The summed E-state index contributed by atoms with van der Waals surface area (Å²) in [5, 5.41) is 0.794. The molecule has 1 aromatic heterocycles. The second-order valence-corrected chi connectivity index (χ2v) is 9.97. The third-order valence-corrected chi connectivity index (χ3v) is 6.77. The summed E-state index contributed by atoms with van der Waals surface area (Å²) < 4.78 is 46.2. The highest BCUT2D eigenvalue weighted by Crippen LogP contribution is 2.37. The minimum absolute atomic E-state index is 0.0529. The van der Waals surface area contributed by atoms with E-state index >= 15 is 0 Å². The third kappa shape index (κ3) is 3.99. The van der Waals surface area contributed by atoms with Crippen LogP contribution in [0.2, 0.25) is 0 Å². The molecule has 1 fully saturated rings. The van der Waals surface area contributed by atoms with Crippen molar-refractivity contribution in [3.8, 4) is 16.9 Å². The van der Waals surface area contributed by atoms with Gasteiger partial charge in [-0.05, 0) is 67.5 Å². The predicted octanol–water partition coefficient (Wildman–Crippen LogP) is 4.46. The Hall–Kier alpha value is -2.67. The van der Waals surface area contributed by atoms with Crippen LogP contribution in [0.15, 0.2) is 52.3 Å². The van der Waals surface area contributed by atoms with Crippen molar-refractivity contribution in [2.75, 3.05) is 6.26 Å². The molecule has 30 heavy (non-hydrogen) atoms. The molecule has 158 valence electrons. The Kier molecular flexibility index (Phi) is 5.40. The molecule has 7 heteroatoms. The number of benzene rings is 2. The number of hydrogen-bond acceptors (Lipinski definition) is 4. The van der Waals surface area contributed by atoms with Crippen LogP contribution in [0, 0.1) is 5.82 Å². The van der Waals surface area contributed by atoms with Gasteiger partial charge in [0.15, 0.2) is 9.84 Å². The number of aromatic nitrogens is 1. The molecule has 1 aliphatic carbocycles. The number of nitrogens with zero attached hydrogens (tertiary/aromatic N) is 1. The Morgan fingerprint density at radius 3 is 2.43 bits per heavy atom. The van der Waals surface area contributed by atoms with Gasteiger partial charge in [0, 0.05) is 36.0 Å². The molecule has 1 heterocycles. The number of hydrogen-bond donors (Lipinski definition) is 0. The molecule has 0 unspecified atom stereocenters. The fraction of sp³-hybridized carbons (Fsp3) is 0.348. The Morgan fingerprint density at radius 1 is 1.00 bits per heavy atom. The molecule has 3 aromatic rings. The third-order valence-electron chi connectivity index (χ3n) is 5.66. The van der Waals surface area contributed by atoms with Crippen LogP contribution >= 0.6 is 0 Å². The van der Waals surface area contributed by atoms with E-state index in [1.54, 1.807) is 25.4 Å². The standard InChI is InChI=1S/C23H24FNO4S/c1-25-14-21(19-12-15(24)8-10-18(19)23(25)26)20-13-17(30(2,27)28)9-11-22(20)29-16-6-4-3-5-7-16/h8-14,16H,3-7H2,1-2H3. The Balaban J connectivity index is 1.97. The number of aryl methyl sites for hydroxylation is 1. The van der Waals surface area contributed by atoms with E-state index in [-0.39, 0.29) is 16.6 Å². The molecule has 1 saturated carbocycles. The molecule has 0 radical (unpaired) electrons. The van der Waals surface area contributed by atoms with Gasteiger partial charge < -0.3 is 9.30 Å². The van der Waals surface area contributed by atoms with Gasteiger partial charge in [-0.25, -0.2) is 12.8 Å². The van der Waals surface area contributed by atoms with Crippen molar-refractivity contribution < 1.29 is 17.5 Å². The minimum atomic E-state index is -3.46. The summed E-state index contributed by atoms with van der Waals surface area (Å²) in [7, 11) is -1.84. The summed E-state index contributed by atoms with van der Waals surface area (Å²) in [6.07, 6.45) is 8.06. The maximum absolute atomic E-state index is 14.1. The van der Waals surface area contributed by atoms with Gasteiger partial charge in [0.05, 0.1) is 11.0 Å². The number of rotatable bonds is 4. The summed E-state index contributed by atoms with van der Waals surface area (Å²) in [4.78, 5) is 12.7. The van der Waals surface area contributed by atoms with E-state index in [1.807, 2.05) is 0 Å². The first-order valence-corrected chi connectivity index (χ1v) is 11.9. The predicted molar refractivity (Wildman–Crippen MR) is 115 cm³/mol. The Bertz CT molecular complexity index is 1270. The molecule has 1 aliphatic rings. The molecule has 0 amide bonds. The van der Waals surface area contributed by atoms with Crippen LogP contribution in [0.4, 0.5) is 4.39 Å². The van der Waals surface area contributed by atoms with Crippen molar-refractivity contribution in [2.45, 2.75) is 43.1 Å². The molecule has 0 N–H and O–H groups in total. The van der Waals surface area contributed by atoms with Gasteiger partial charge in [-0.2, -0.15) is 0 Å². The molecule has 0 bridgehead atoms. The lowest BCUT2D eigenvalue weighted by molar-refractivity contribution is 0.155. The molecule has 0 aliphatic heterocycles. The molecule has 4 rings (SSSR count). The normalized spacial score (nSPS) is 15.4. The van der Waals surface area contributed by atoms with Crippen molar-refractivity contribution in [1.29, 1.82) is 0 Å². The maximum Gasteiger partial charge on any atom is 0.258 e. The van der Waals surface area contributed by atoms with Crippen LogP contribution in [0.3, 0.4) is 0 Å². The van der Waals surface area contributed by atoms with Crippen molar-refractivity contribution in [3.63, 3.8) is 0 Å². The zero-order valence-corrected chi connectivity index (χ0v) is 17.8. The second kappa shape index (κ2) is 7.87. The van der Waals surface area contributed by atoms with Crippen molar-refractivity contribution in [1.82, 2.24) is 4.57 Å². The Morgan fingerprint density at radius 2 is 1.73 bits per heavy atom. The lowest BCUT2D eigenvalue weighted by Gasteiger charge is -2.25. The topological polar surface area (TPSA) is 65.4 Å². The fourth-order valence-electron chi connectivity index (χ4n) is 4.07. The summed E-state index contributed by atoms with van der Waals surface area (Å²) in [5.41, 5.74) is 0.848. The highest BCUT2D eigenvalue weighted by Gasteiger charge is 2.21. The van der Waals surface area contributed by atoms with Gasteiger partial charge in [-0.15, -0.1) is 0 Å². The highest BCUT2D eigenvalue weighted by molar-refractivity contribution is 7.90. The maximum atomic E-state index is 14.1. The number of halogens is 1. The van der Waals surface area contributed by atoms with Crippen molar-refractivity contribution in [3.05, 3.63) is 58.8 Å². The van der Waals surface area contributed by atoms with Crippen LogP contribution in [0.5, 0.6) is 5.75 Å². The van der Waals surface area contributed by atoms with E-state index in [2.05, 4.69) is 0 Å². The molecule has 0 atom stereocenters. The second-order valence-electron chi connectivity index (χ2n) is 7.96. The molecular formula is C23H24FNO4S.